The van der Waals surface area contributed by atoms with E-state index in [4.69, 9.17) is 0 Å². The normalized spacial score (nSPS) is 20.8. The maximum absolute atomic E-state index is 12.7. The topological polar surface area (TPSA) is 38.1 Å². The van der Waals surface area contributed by atoms with E-state index in [1.54, 1.807) is 6.33 Å². The van der Waals surface area contributed by atoms with Crippen molar-refractivity contribution in [1.82, 2.24) is 14.5 Å². The minimum atomic E-state index is 0.127. The van der Waals surface area contributed by atoms with Crippen LogP contribution in [0.2, 0.25) is 0 Å². The number of hydrogen-bond acceptors (Lipinski definition) is 2. The molecular weight excluding hydrogens is 306 g/mol. The van der Waals surface area contributed by atoms with Gasteiger partial charge in [-0.05, 0) is 31.0 Å². The molecule has 19 heavy (non-hydrogen) atoms. The quantitative estimate of drug-likeness (QED) is 0.749. The zero-order chi connectivity index (χ0) is 13.0. The third-order valence-electron chi connectivity index (χ3n) is 3.97. The van der Waals surface area contributed by atoms with E-state index in [-0.39, 0.29) is 11.9 Å². The highest BCUT2D eigenvalue weighted by Gasteiger charge is 2.36. The first-order valence-corrected chi connectivity index (χ1v) is 7.18. The van der Waals surface area contributed by atoms with E-state index in [0.717, 1.165) is 40.8 Å². The molecule has 2 aliphatic heterocycles. The van der Waals surface area contributed by atoms with Crippen molar-refractivity contribution in [3.05, 3.63) is 46.5 Å². The minimum Gasteiger partial charge on any atom is -0.330 e. The summed E-state index contributed by atoms with van der Waals surface area (Å²) in [7, 11) is 0. The van der Waals surface area contributed by atoms with Crippen LogP contribution in [0.15, 0.2) is 35.2 Å². The van der Waals surface area contributed by atoms with Crippen LogP contribution in [0, 0.1) is 0 Å². The van der Waals surface area contributed by atoms with Crippen LogP contribution in [0.5, 0.6) is 0 Å². The van der Waals surface area contributed by atoms with Gasteiger partial charge in [-0.2, -0.15) is 0 Å². The molecule has 0 spiro atoms. The molecule has 1 amide bonds. The fraction of sp³-hybridized carbons (Fsp3) is 0.286. The first-order valence-electron chi connectivity index (χ1n) is 6.39. The van der Waals surface area contributed by atoms with Crippen molar-refractivity contribution in [3.8, 4) is 5.69 Å². The molecule has 1 fully saturated rings. The summed E-state index contributed by atoms with van der Waals surface area (Å²) >= 11 is 3.45. The fourth-order valence-corrected chi connectivity index (χ4v) is 3.48. The molecule has 0 N–H and O–H groups in total. The Morgan fingerprint density at radius 1 is 1.37 bits per heavy atom. The molecule has 0 bridgehead atoms. The van der Waals surface area contributed by atoms with Gasteiger partial charge in [0.25, 0.3) is 5.91 Å². The van der Waals surface area contributed by atoms with Crippen LogP contribution in [-0.2, 0) is 0 Å². The Bertz CT molecular complexity index is 679. The molecular formula is C14H12BrN3O. The van der Waals surface area contributed by atoms with E-state index >= 15 is 0 Å². The molecule has 4 nitrogen and oxygen atoms in total. The minimum absolute atomic E-state index is 0.127. The van der Waals surface area contributed by atoms with Crippen molar-refractivity contribution in [1.29, 1.82) is 0 Å². The summed E-state index contributed by atoms with van der Waals surface area (Å²) < 4.78 is 2.98. The van der Waals surface area contributed by atoms with Crippen molar-refractivity contribution in [2.24, 2.45) is 0 Å². The number of aromatic nitrogens is 2. The predicted molar refractivity (Wildman–Crippen MR) is 74.3 cm³/mol. The van der Waals surface area contributed by atoms with Gasteiger partial charge in [-0.1, -0.05) is 15.9 Å². The molecule has 1 aromatic heterocycles. The molecule has 4 rings (SSSR count). The maximum atomic E-state index is 12.7. The summed E-state index contributed by atoms with van der Waals surface area (Å²) in [5.41, 5.74) is 2.79. The smallest absolute Gasteiger partial charge is 0.256 e. The van der Waals surface area contributed by atoms with E-state index < -0.39 is 0 Å². The number of benzene rings is 1. The second-order valence-corrected chi connectivity index (χ2v) is 5.92. The van der Waals surface area contributed by atoms with Crippen LogP contribution in [0.1, 0.15) is 34.9 Å². The number of fused-ring (bicyclic) bond motifs is 5. The molecule has 5 heteroatoms. The van der Waals surface area contributed by atoms with Gasteiger partial charge in [0, 0.05) is 11.0 Å². The number of carbonyl (C=O) groups excluding carboxylic acids is 1. The van der Waals surface area contributed by atoms with Gasteiger partial charge >= 0.3 is 0 Å². The van der Waals surface area contributed by atoms with E-state index in [0.29, 0.717) is 0 Å². The first-order chi connectivity index (χ1) is 9.25. The average Bonchev–Trinajstić information content (AvgIpc) is 3.04. The highest BCUT2D eigenvalue weighted by Crippen LogP contribution is 2.38. The van der Waals surface area contributed by atoms with Crippen molar-refractivity contribution >= 4 is 21.8 Å². The number of nitrogens with zero attached hydrogens (tertiary/aromatic N) is 3. The summed E-state index contributed by atoms with van der Waals surface area (Å²) in [6.45, 7) is 0.834. The molecule has 1 atom stereocenters. The highest BCUT2D eigenvalue weighted by molar-refractivity contribution is 9.10. The number of imidazole rings is 1. The summed E-state index contributed by atoms with van der Waals surface area (Å²) in [6, 6.07) is 6.01. The zero-order valence-electron chi connectivity index (χ0n) is 10.2. The van der Waals surface area contributed by atoms with Crippen LogP contribution in [-0.4, -0.2) is 26.9 Å². The van der Waals surface area contributed by atoms with Crippen LogP contribution in [0.4, 0.5) is 0 Å². The van der Waals surface area contributed by atoms with Gasteiger partial charge in [0.05, 0.1) is 35.5 Å². The van der Waals surface area contributed by atoms with Gasteiger partial charge in [-0.25, -0.2) is 4.98 Å². The lowest BCUT2D eigenvalue weighted by Crippen LogP contribution is -2.29. The molecule has 96 valence electrons. The summed E-state index contributed by atoms with van der Waals surface area (Å²) in [4.78, 5) is 19.0. The molecule has 1 aromatic carbocycles. The Hall–Kier alpha value is -1.62. The van der Waals surface area contributed by atoms with Gasteiger partial charge in [0.15, 0.2) is 0 Å². The predicted octanol–water partition coefficient (Wildman–Crippen LogP) is 2.93. The molecule has 0 radical (unpaired) electrons. The van der Waals surface area contributed by atoms with E-state index in [9.17, 15) is 4.79 Å². The highest BCUT2D eigenvalue weighted by atomic mass is 79.9. The van der Waals surface area contributed by atoms with Crippen molar-refractivity contribution in [3.63, 3.8) is 0 Å². The molecule has 1 saturated heterocycles. The number of halogens is 1. The average molecular weight is 318 g/mol. The zero-order valence-corrected chi connectivity index (χ0v) is 11.8. The van der Waals surface area contributed by atoms with Crippen LogP contribution in [0.3, 0.4) is 0 Å². The van der Waals surface area contributed by atoms with Crippen LogP contribution in [0.25, 0.3) is 5.69 Å². The van der Waals surface area contributed by atoms with Crippen molar-refractivity contribution in [2.45, 2.75) is 18.9 Å². The third kappa shape index (κ3) is 1.51. The summed E-state index contributed by atoms with van der Waals surface area (Å²) in [5, 5.41) is 0. The molecule has 0 aliphatic carbocycles. The first kappa shape index (κ1) is 11.2. The Labute approximate surface area is 119 Å². The molecule has 0 saturated carbocycles. The second kappa shape index (κ2) is 3.93. The molecule has 2 aliphatic rings. The van der Waals surface area contributed by atoms with E-state index in [1.165, 1.54) is 0 Å². The Morgan fingerprint density at radius 3 is 3.16 bits per heavy atom. The maximum Gasteiger partial charge on any atom is 0.256 e. The summed E-state index contributed by atoms with van der Waals surface area (Å²) in [6.07, 6.45) is 5.77. The molecule has 3 heterocycles. The molecule has 2 aromatic rings. The van der Waals surface area contributed by atoms with Crippen LogP contribution < -0.4 is 0 Å². The van der Waals surface area contributed by atoms with Gasteiger partial charge in [-0.3, -0.25) is 4.79 Å². The Balaban J connectivity index is 2.03. The van der Waals surface area contributed by atoms with Gasteiger partial charge < -0.3 is 9.47 Å². The van der Waals surface area contributed by atoms with Crippen molar-refractivity contribution in [2.75, 3.05) is 6.54 Å². The Morgan fingerprint density at radius 2 is 2.26 bits per heavy atom. The monoisotopic (exact) mass is 317 g/mol. The third-order valence-corrected chi connectivity index (χ3v) is 4.46. The summed E-state index contributed by atoms with van der Waals surface area (Å²) in [5.74, 6) is 0.127. The standard InChI is InChI=1S/C14H12BrN3O/c15-9-3-4-11-10(6-9)14(19)17-5-1-2-12(17)13-7-16-8-18(11)13/h3-4,6-8,12H,1-2,5H2/t12-/m0/s1. The van der Waals surface area contributed by atoms with Crippen LogP contribution >= 0.6 is 15.9 Å². The lowest BCUT2D eigenvalue weighted by atomic mass is 10.1. The number of amides is 1. The van der Waals surface area contributed by atoms with E-state index in [1.807, 2.05) is 29.3 Å². The molecule has 0 unspecified atom stereocenters. The fourth-order valence-electron chi connectivity index (χ4n) is 3.11. The lowest BCUT2D eigenvalue weighted by molar-refractivity contribution is 0.0738. The Kier molecular flexibility index (Phi) is 2.33. The van der Waals surface area contributed by atoms with Gasteiger partial charge in [0.2, 0.25) is 0 Å². The van der Waals surface area contributed by atoms with Gasteiger partial charge in [0.1, 0.15) is 0 Å². The lowest BCUT2D eigenvalue weighted by Gasteiger charge is -2.21. The largest absolute Gasteiger partial charge is 0.330 e. The van der Waals surface area contributed by atoms with Gasteiger partial charge in [-0.15, -0.1) is 0 Å². The second-order valence-electron chi connectivity index (χ2n) is 5.01. The number of rotatable bonds is 0. The number of carbonyl (C=O) groups is 1. The number of hydrogen-bond donors (Lipinski definition) is 0. The SMILES string of the molecule is O=C1c2cc(Br)ccc2-n2cncc2[C@@H]2CCCN12. The van der Waals surface area contributed by atoms with Crippen molar-refractivity contribution < 1.29 is 4.79 Å². The van der Waals surface area contributed by atoms with E-state index in [2.05, 4.69) is 25.5 Å².